The van der Waals surface area contributed by atoms with Gasteiger partial charge in [0.15, 0.2) is 0 Å². The molecule has 0 aliphatic rings. The molecule has 0 unspecified atom stereocenters. The summed E-state index contributed by atoms with van der Waals surface area (Å²) in [6, 6.07) is 21.2. The van der Waals surface area contributed by atoms with Crippen LogP contribution in [-0.2, 0) is 21.1 Å². The van der Waals surface area contributed by atoms with Gasteiger partial charge in [0, 0.05) is 18.1 Å². The van der Waals surface area contributed by atoms with Gasteiger partial charge in [-0.2, -0.15) is 0 Å². The van der Waals surface area contributed by atoms with Crippen molar-refractivity contribution in [2.24, 2.45) is 0 Å². The molecule has 0 heterocycles. The van der Waals surface area contributed by atoms with Crippen LogP contribution in [0.1, 0.15) is 11.1 Å². The minimum Gasteiger partial charge on any atom is -0.497 e. The Morgan fingerprint density at radius 3 is 2.13 bits per heavy atom. The Morgan fingerprint density at radius 1 is 0.974 bits per heavy atom. The maximum absolute atomic E-state index is 13.5. The van der Waals surface area contributed by atoms with Crippen LogP contribution < -0.4 is 9.04 Å². The number of aliphatic hydroxyl groups is 1. The fourth-order valence-electron chi connectivity index (χ4n) is 3.52. The maximum Gasteiger partial charge on any atom is 0.466 e. The van der Waals surface area contributed by atoms with Gasteiger partial charge in [-0.25, -0.2) is 13.0 Å². The second kappa shape index (κ2) is 15.2. The summed E-state index contributed by atoms with van der Waals surface area (Å²) in [6.45, 7) is 0.846. The zero-order chi connectivity index (χ0) is 29.1. The first-order chi connectivity index (χ1) is 18.3. The Labute approximate surface area is 233 Å². The number of hydrogen-bond donors (Lipinski definition) is 4. The summed E-state index contributed by atoms with van der Waals surface area (Å²) in [6.07, 6.45) is 4.07. The summed E-state index contributed by atoms with van der Waals surface area (Å²) in [7, 11) is -5.02. The van der Waals surface area contributed by atoms with Crippen molar-refractivity contribution >= 4 is 41.2 Å². The fraction of sp³-hybridized carbons (Fsp3) is 0.231. The smallest absolute Gasteiger partial charge is 0.466 e. The predicted octanol–water partition coefficient (Wildman–Crippen LogP) is 3.75. The van der Waals surface area contributed by atoms with Crippen LogP contribution in [0.2, 0.25) is 5.02 Å². The Morgan fingerprint density at radius 2 is 1.56 bits per heavy atom. The number of benzene rings is 3. The predicted molar refractivity (Wildman–Crippen MR) is 152 cm³/mol. The Bertz CT molecular complexity index is 1360. The molecule has 3 aromatic carbocycles. The third kappa shape index (κ3) is 11.1. The quantitative estimate of drug-likeness (QED) is 0.242. The number of ether oxygens (including phenoxy) is 1. The molecule has 0 aliphatic carbocycles. The summed E-state index contributed by atoms with van der Waals surface area (Å²) < 4.78 is 42.2. The van der Waals surface area contributed by atoms with E-state index in [0.717, 1.165) is 11.1 Å². The average Bonchev–Trinajstić information content (AvgIpc) is 2.88. The molecule has 0 radical (unpaired) electrons. The lowest BCUT2D eigenvalue weighted by atomic mass is 10.1. The standard InChI is InChI=1S/C26H29ClN2O4S.H3O4P/c1-28(17-5-6-21-9-11-23(27)12-10-21)20-22-7-3-4-8-26(22)29(18-19-30)34(31,32)25-15-13-24(33-2)14-16-25;1-5(2,3)4/h3-16,30H,17-20H2,1-2H3;(H3,1,2,3,4). The Kier molecular flexibility index (Phi) is 12.6. The van der Waals surface area contributed by atoms with Gasteiger partial charge >= 0.3 is 7.82 Å². The van der Waals surface area contributed by atoms with Crippen molar-refractivity contribution in [3.63, 3.8) is 0 Å². The molecule has 13 heteroatoms. The molecule has 10 nitrogen and oxygen atoms in total. The number of methoxy groups -OCH3 is 1. The molecular weight excluding hydrogens is 567 g/mol. The van der Waals surface area contributed by atoms with Gasteiger partial charge in [-0.1, -0.05) is 54.1 Å². The van der Waals surface area contributed by atoms with Crippen molar-refractivity contribution in [2.45, 2.75) is 11.4 Å². The van der Waals surface area contributed by atoms with Crippen LogP contribution in [0.15, 0.2) is 83.8 Å². The molecule has 0 amide bonds. The van der Waals surface area contributed by atoms with Gasteiger partial charge in [0.25, 0.3) is 10.0 Å². The van der Waals surface area contributed by atoms with E-state index < -0.39 is 17.8 Å². The summed E-state index contributed by atoms with van der Waals surface area (Å²) in [5, 5.41) is 10.3. The van der Waals surface area contributed by atoms with E-state index in [-0.39, 0.29) is 18.0 Å². The van der Waals surface area contributed by atoms with Crippen LogP contribution in [0.3, 0.4) is 0 Å². The van der Waals surface area contributed by atoms with Crippen LogP contribution in [0.25, 0.3) is 6.08 Å². The zero-order valence-electron chi connectivity index (χ0n) is 21.5. The van der Waals surface area contributed by atoms with Crippen molar-refractivity contribution in [2.75, 3.05) is 38.2 Å². The topological polar surface area (TPSA) is 148 Å². The van der Waals surface area contributed by atoms with E-state index in [2.05, 4.69) is 4.90 Å². The lowest BCUT2D eigenvalue weighted by molar-refractivity contribution is 0.275. The lowest BCUT2D eigenvalue weighted by Gasteiger charge is -2.27. The number of phosphoric acid groups is 1. The van der Waals surface area contributed by atoms with Crippen LogP contribution in [0.5, 0.6) is 5.75 Å². The van der Waals surface area contributed by atoms with E-state index in [9.17, 15) is 13.5 Å². The van der Waals surface area contributed by atoms with Crippen molar-refractivity contribution in [1.29, 1.82) is 0 Å². The van der Waals surface area contributed by atoms with Gasteiger partial charge in [-0.3, -0.25) is 9.21 Å². The SMILES string of the molecule is COc1ccc(S(=O)(=O)N(CCO)c2ccccc2CN(C)CC=Cc2ccc(Cl)cc2)cc1.O=P(O)(O)O. The number of sulfonamides is 1. The first kappa shape index (κ1) is 32.5. The van der Waals surface area contributed by atoms with Crippen molar-refractivity contribution in [1.82, 2.24) is 4.90 Å². The maximum atomic E-state index is 13.5. The number of anilines is 1. The number of rotatable bonds is 11. The molecule has 0 spiro atoms. The van der Waals surface area contributed by atoms with E-state index in [0.29, 0.717) is 29.5 Å². The molecule has 3 aromatic rings. The van der Waals surface area contributed by atoms with Crippen molar-refractivity contribution < 1.29 is 37.5 Å². The summed E-state index contributed by atoms with van der Waals surface area (Å²) in [4.78, 5) is 23.8. The molecule has 0 aliphatic heterocycles. The minimum atomic E-state index is -4.64. The summed E-state index contributed by atoms with van der Waals surface area (Å²) in [5.74, 6) is 0.571. The average molecular weight is 599 g/mol. The second-order valence-electron chi connectivity index (χ2n) is 8.27. The van der Waals surface area contributed by atoms with E-state index in [1.807, 2.05) is 55.6 Å². The van der Waals surface area contributed by atoms with Crippen LogP contribution in [0, 0.1) is 0 Å². The third-order valence-electron chi connectivity index (χ3n) is 5.25. The first-order valence-electron chi connectivity index (χ1n) is 11.6. The first-order valence-corrected chi connectivity index (χ1v) is 15.0. The van der Waals surface area contributed by atoms with Crippen molar-refractivity contribution in [3.05, 3.63) is 95.0 Å². The molecule has 0 atom stereocenters. The van der Waals surface area contributed by atoms with Crippen molar-refractivity contribution in [3.8, 4) is 5.75 Å². The molecule has 212 valence electrons. The molecule has 3 rings (SSSR count). The normalized spacial score (nSPS) is 11.8. The molecule has 4 N–H and O–H groups in total. The Balaban J connectivity index is 0.000000976. The van der Waals surface area contributed by atoms with Gasteiger partial charge in [-0.15, -0.1) is 0 Å². The second-order valence-corrected chi connectivity index (χ2v) is 11.6. The number of hydrogen-bond acceptors (Lipinski definition) is 6. The molecule has 0 fully saturated rings. The van der Waals surface area contributed by atoms with Gasteiger partial charge in [0.1, 0.15) is 5.75 Å². The largest absolute Gasteiger partial charge is 0.497 e. The highest BCUT2D eigenvalue weighted by Crippen LogP contribution is 2.29. The van der Waals surface area contributed by atoms with Gasteiger partial charge in [0.2, 0.25) is 0 Å². The summed E-state index contributed by atoms with van der Waals surface area (Å²) in [5.41, 5.74) is 2.44. The minimum absolute atomic E-state index is 0.0500. The van der Waals surface area contributed by atoms with E-state index >= 15 is 0 Å². The number of para-hydroxylation sites is 1. The van der Waals surface area contributed by atoms with Crippen LogP contribution in [0.4, 0.5) is 5.69 Å². The highest BCUT2D eigenvalue weighted by molar-refractivity contribution is 7.92. The summed E-state index contributed by atoms with van der Waals surface area (Å²) >= 11 is 5.93. The fourth-order valence-corrected chi connectivity index (χ4v) is 5.14. The van der Waals surface area contributed by atoms with Gasteiger partial charge < -0.3 is 24.5 Å². The molecular formula is C26H32ClN2O8PS. The zero-order valence-corrected chi connectivity index (χ0v) is 23.9. The monoisotopic (exact) mass is 598 g/mol. The molecule has 39 heavy (non-hydrogen) atoms. The van der Waals surface area contributed by atoms with Gasteiger partial charge in [0.05, 0.1) is 30.8 Å². The molecule has 0 saturated carbocycles. The van der Waals surface area contributed by atoms with E-state index in [4.69, 9.17) is 35.6 Å². The lowest BCUT2D eigenvalue weighted by Crippen LogP contribution is -2.35. The molecule has 0 saturated heterocycles. The number of aliphatic hydroxyl groups excluding tert-OH is 1. The molecule has 0 aromatic heterocycles. The highest BCUT2D eigenvalue weighted by Gasteiger charge is 2.26. The highest BCUT2D eigenvalue weighted by atomic mass is 35.5. The number of nitrogens with zero attached hydrogens (tertiary/aromatic N) is 2. The number of halogens is 1. The molecule has 0 bridgehead atoms. The van der Waals surface area contributed by atoms with E-state index in [1.54, 1.807) is 24.3 Å². The van der Waals surface area contributed by atoms with Gasteiger partial charge in [-0.05, 0) is 60.6 Å². The van der Waals surface area contributed by atoms with E-state index in [1.165, 1.54) is 23.5 Å². The third-order valence-corrected chi connectivity index (χ3v) is 7.33. The van der Waals surface area contributed by atoms with Crippen LogP contribution >= 0.6 is 19.4 Å². The Hall–Kier alpha value is -2.73. The van der Waals surface area contributed by atoms with Crippen LogP contribution in [-0.4, -0.2) is 67.0 Å². The number of likely N-dealkylation sites (N-methyl/N-ethyl adjacent to an activating group) is 1.